The fraction of sp³-hybridized carbons (Fsp3) is 0.300. The molecule has 1 aromatic rings. The molecule has 4 nitrogen and oxygen atoms in total. The fourth-order valence-corrected chi connectivity index (χ4v) is 1.08. The van der Waals surface area contributed by atoms with Crippen LogP contribution in [0.15, 0.2) is 12.1 Å². The van der Waals surface area contributed by atoms with E-state index in [0.29, 0.717) is 6.07 Å². The lowest BCUT2D eigenvalue weighted by Gasteiger charge is -2.08. The van der Waals surface area contributed by atoms with Crippen LogP contribution in [0.25, 0.3) is 0 Å². The van der Waals surface area contributed by atoms with Crippen LogP contribution in [0.4, 0.5) is 14.5 Å². The molecule has 0 aliphatic carbocycles. The number of rotatable bonds is 3. The molecule has 0 aliphatic rings. The van der Waals surface area contributed by atoms with E-state index in [2.05, 4.69) is 5.32 Å². The normalized spacial score (nSPS) is 12.2. The van der Waals surface area contributed by atoms with Crippen LogP contribution in [0.3, 0.4) is 0 Å². The summed E-state index contributed by atoms with van der Waals surface area (Å²) in [4.78, 5) is 11.4. The smallest absolute Gasteiger partial charge is 0.254 e. The van der Waals surface area contributed by atoms with Gasteiger partial charge in [0.05, 0.1) is 17.4 Å². The maximum atomic E-state index is 13.2. The minimum Gasteiger partial charge on any atom is -0.396 e. The van der Waals surface area contributed by atoms with Gasteiger partial charge in [0.2, 0.25) is 0 Å². The van der Waals surface area contributed by atoms with Crippen molar-refractivity contribution in [2.24, 2.45) is 0 Å². The summed E-state index contributed by atoms with van der Waals surface area (Å²) >= 11 is 0. The summed E-state index contributed by atoms with van der Waals surface area (Å²) in [6, 6.07) is 1.47. The number of aliphatic hydroxyl groups is 1. The van der Waals surface area contributed by atoms with Crippen LogP contribution in [0.1, 0.15) is 17.3 Å². The molecule has 0 fully saturated rings. The van der Waals surface area contributed by atoms with Crippen LogP contribution in [0.5, 0.6) is 0 Å². The highest BCUT2D eigenvalue weighted by Crippen LogP contribution is 2.16. The second kappa shape index (κ2) is 4.89. The van der Waals surface area contributed by atoms with E-state index >= 15 is 0 Å². The monoisotopic (exact) mass is 230 g/mol. The molecule has 4 N–H and O–H groups in total. The predicted octanol–water partition coefficient (Wildman–Crippen LogP) is 0.658. The van der Waals surface area contributed by atoms with Crippen LogP contribution < -0.4 is 11.1 Å². The molecular formula is C10H12F2N2O2. The number of anilines is 1. The number of nitrogen functional groups attached to an aromatic ring is 1. The van der Waals surface area contributed by atoms with Gasteiger partial charge in [-0.15, -0.1) is 0 Å². The van der Waals surface area contributed by atoms with E-state index in [0.717, 1.165) is 6.07 Å². The summed E-state index contributed by atoms with van der Waals surface area (Å²) in [5, 5.41) is 11.2. The van der Waals surface area contributed by atoms with E-state index in [-0.39, 0.29) is 17.8 Å². The number of carbonyl (C=O) groups is 1. The highest BCUT2D eigenvalue weighted by Gasteiger charge is 2.14. The molecule has 1 atom stereocenters. The zero-order valence-corrected chi connectivity index (χ0v) is 8.63. The standard InChI is InChI=1S/C10H12F2N2O2/c1-5(15)4-14-10(16)6-2-9(13)8(12)3-7(6)11/h2-3,5,15H,4,13H2,1H3,(H,14,16). The summed E-state index contributed by atoms with van der Waals surface area (Å²) in [6.45, 7) is 1.45. The molecule has 6 heteroatoms. The quantitative estimate of drug-likeness (QED) is 0.667. The molecule has 0 aliphatic heterocycles. The van der Waals surface area contributed by atoms with Gasteiger partial charge in [0.15, 0.2) is 0 Å². The number of halogens is 2. The first-order valence-electron chi connectivity index (χ1n) is 4.62. The summed E-state index contributed by atoms with van der Waals surface area (Å²) in [5.74, 6) is -2.65. The molecule has 16 heavy (non-hydrogen) atoms. The Morgan fingerprint density at radius 1 is 1.50 bits per heavy atom. The maximum absolute atomic E-state index is 13.2. The molecule has 1 unspecified atom stereocenters. The number of amides is 1. The predicted molar refractivity (Wildman–Crippen MR) is 54.8 cm³/mol. The van der Waals surface area contributed by atoms with Crippen molar-refractivity contribution in [2.45, 2.75) is 13.0 Å². The summed E-state index contributed by atoms with van der Waals surface area (Å²) in [7, 11) is 0. The van der Waals surface area contributed by atoms with E-state index in [9.17, 15) is 13.6 Å². The van der Waals surface area contributed by atoms with Crippen molar-refractivity contribution in [3.8, 4) is 0 Å². The van der Waals surface area contributed by atoms with Gasteiger partial charge in [-0.25, -0.2) is 8.78 Å². The average molecular weight is 230 g/mol. The fourth-order valence-electron chi connectivity index (χ4n) is 1.08. The molecule has 1 amide bonds. The largest absolute Gasteiger partial charge is 0.396 e. The number of nitrogens with two attached hydrogens (primary N) is 1. The van der Waals surface area contributed by atoms with Crippen LogP contribution >= 0.6 is 0 Å². The molecule has 0 aromatic heterocycles. The van der Waals surface area contributed by atoms with Gasteiger partial charge in [0.25, 0.3) is 5.91 Å². The first-order valence-corrected chi connectivity index (χ1v) is 4.62. The Kier molecular flexibility index (Phi) is 3.78. The Bertz CT molecular complexity index is 408. The van der Waals surface area contributed by atoms with Crippen molar-refractivity contribution in [3.63, 3.8) is 0 Å². The number of carbonyl (C=O) groups excluding carboxylic acids is 1. The number of aliphatic hydroxyl groups excluding tert-OH is 1. The van der Waals surface area contributed by atoms with Gasteiger partial charge >= 0.3 is 0 Å². The van der Waals surface area contributed by atoms with Crippen LogP contribution in [-0.2, 0) is 0 Å². The average Bonchev–Trinajstić information content (AvgIpc) is 2.20. The van der Waals surface area contributed by atoms with E-state index in [1.807, 2.05) is 0 Å². The first-order chi connectivity index (χ1) is 7.41. The molecule has 0 radical (unpaired) electrons. The summed E-state index contributed by atoms with van der Waals surface area (Å²) in [5.41, 5.74) is 4.56. The third-order valence-corrected chi connectivity index (χ3v) is 1.89. The zero-order chi connectivity index (χ0) is 12.3. The SMILES string of the molecule is CC(O)CNC(=O)c1cc(N)c(F)cc1F. The zero-order valence-electron chi connectivity index (χ0n) is 8.63. The molecule has 0 saturated carbocycles. The maximum Gasteiger partial charge on any atom is 0.254 e. The summed E-state index contributed by atoms with van der Waals surface area (Å²) < 4.78 is 26.0. The molecule has 88 valence electrons. The van der Waals surface area contributed by atoms with Gasteiger partial charge < -0.3 is 16.2 Å². The van der Waals surface area contributed by atoms with Crippen molar-refractivity contribution >= 4 is 11.6 Å². The molecule has 0 bridgehead atoms. The van der Waals surface area contributed by atoms with Gasteiger partial charge in [0.1, 0.15) is 11.6 Å². The van der Waals surface area contributed by atoms with E-state index in [1.54, 1.807) is 0 Å². The van der Waals surface area contributed by atoms with Crippen molar-refractivity contribution in [1.82, 2.24) is 5.32 Å². The van der Waals surface area contributed by atoms with Gasteiger partial charge in [0, 0.05) is 12.6 Å². The number of benzene rings is 1. The molecule has 0 spiro atoms. The number of hydrogen-bond donors (Lipinski definition) is 3. The Hall–Kier alpha value is -1.69. The van der Waals surface area contributed by atoms with Crippen molar-refractivity contribution in [1.29, 1.82) is 0 Å². The first kappa shape index (κ1) is 12.4. The van der Waals surface area contributed by atoms with E-state index in [1.165, 1.54) is 6.92 Å². The lowest BCUT2D eigenvalue weighted by molar-refractivity contribution is 0.0920. The van der Waals surface area contributed by atoms with Crippen molar-refractivity contribution in [2.75, 3.05) is 12.3 Å². The number of nitrogens with one attached hydrogen (secondary N) is 1. The van der Waals surface area contributed by atoms with E-state index < -0.39 is 23.6 Å². The minimum absolute atomic E-state index is 0.0183. The number of hydrogen-bond acceptors (Lipinski definition) is 3. The van der Waals surface area contributed by atoms with Gasteiger partial charge in [-0.05, 0) is 13.0 Å². The van der Waals surface area contributed by atoms with Crippen LogP contribution in [-0.4, -0.2) is 23.7 Å². The highest BCUT2D eigenvalue weighted by atomic mass is 19.1. The Labute approximate surface area is 91.1 Å². The van der Waals surface area contributed by atoms with Gasteiger partial charge in [-0.1, -0.05) is 0 Å². The second-order valence-electron chi connectivity index (χ2n) is 3.41. The molecule has 0 heterocycles. The van der Waals surface area contributed by atoms with Crippen molar-refractivity contribution in [3.05, 3.63) is 29.3 Å². The Balaban J connectivity index is 2.87. The lowest BCUT2D eigenvalue weighted by atomic mass is 10.1. The Morgan fingerprint density at radius 3 is 2.69 bits per heavy atom. The lowest BCUT2D eigenvalue weighted by Crippen LogP contribution is -2.31. The van der Waals surface area contributed by atoms with Gasteiger partial charge in [-0.2, -0.15) is 0 Å². The molecule has 1 rings (SSSR count). The topological polar surface area (TPSA) is 75.3 Å². The van der Waals surface area contributed by atoms with Crippen molar-refractivity contribution < 1.29 is 18.7 Å². The van der Waals surface area contributed by atoms with E-state index in [4.69, 9.17) is 10.8 Å². The highest BCUT2D eigenvalue weighted by molar-refractivity contribution is 5.95. The third-order valence-electron chi connectivity index (χ3n) is 1.89. The third kappa shape index (κ3) is 2.90. The van der Waals surface area contributed by atoms with Gasteiger partial charge in [-0.3, -0.25) is 4.79 Å². The molecule has 0 saturated heterocycles. The summed E-state index contributed by atoms with van der Waals surface area (Å²) in [6.07, 6.45) is -0.746. The minimum atomic E-state index is -0.991. The molecular weight excluding hydrogens is 218 g/mol. The molecule has 1 aromatic carbocycles. The Morgan fingerprint density at radius 2 is 2.12 bits per heavy atom. The second-order valence-corrected chi connectivity index (χ2v) is 3.41. The van der Waals surface area contributed by atoms with Crippen LogP contribution in [0.2, 0.25) is 0 Å². The van der Waals surface area contributed by atoms with Crippen LogP contribution in [0, 0.1) is 11.6 Å².